The van der Waals surface area contributed by atoms with Crippen LogP contribution in [0.25, 0.3) is 15.2 Å². The molecule has 4 nitrogen and oxygen atoms in total. The third kappa shape index (κ3) is 1.79. The Labute approximate surface area is 122 Å². The van der Waals surface area contributed by atoms with E-state index in [1.807, 2.05) is 0 Å². The fourth-order valence-electron chi connectivity index (χ4n) is 2.11. The van der Waals surface area contributed by atoms with E-state index in [4.69, 9.17) is 16.3 Å². The number of hydrogen-bond acceptors (Lipinski definition) is 4. The summed E-state index contributed by atoms with van der Waals surface area (Å²) in [6.45, 7) is 3.81. The normalized spacial score (nSPS) is 11.4. The molecule has 3 rings (SSSR count). The molecule has 20 heavy (non-hydrogen) atoms. The second kappa shape index (κ2) is 4.71. The van der Waals surface area contributed by atoms with E-state index in [2.05, 4.69) is 4.98 Å². The Bertz CT molecular complexity index is 840. The Balaban J connectivity index is 2.30. The van der Waals surface area contributed by atoms with Gasteiger partial charge in [0.25, 0.3) is 0 Å². The van der Waals surface area contributed by atoms with Crippen molar-refractivity contribution in [2.24, 2.45) is 0 Å². The average Bonchev–Trinajstić information content (AvgIpc) is 2.92. The van der Waals surface area contributed by atoms with E-state index in [-0.39, 0.29) is 10.7 Å². The number of thiazole rings is 1. The number of nitrogens with zero attached hydrogens (tertiary/aromatic N) is 2. The highest BCUT2D eigenvalue weighted by Gasteiger charge is 2.21. The molecule has 0 fully saturated rings. The van der Waals surface area contributed by atoms with Gasteiger partial charge in [0.15, 0.2) is 10.7 Å². The average molecular weight is 313 g/mol. The van der Waals surface area contributed by atoms with Crippen LogP contribution in [0, 0.1) is 12.7 Å². The van der Waals surface area contributed by atoms with E-state index in [9.17, 15) is 9.18 Å². The molecular formula is C13H10ClFN2O2S. The summed E-state index contributed by atoms with van der Waals surface area (Å²) in [6.07, 6.45) is 0. The van der Waals surface area contributed by atoms with Crippen LogP contribution in [0.1, 0.15) is 23.1 Å². The van der Waals surface area contributed by atoms with E-state index in [0.29, 0.717) is 22.0 Å². The maximum absolute atomic E-state index is 13.5. The molecule has 0 amide bonds. The van der Waals surface area contributed by atoms with Gasteiger partial charge in [0.2, 0.25) is 0 Å². The topological polar surface area (TPSA) is 43.6 Å². The molecule has 0 aliphatic rings. The Morgan fingerprint density at radius 1 is 1.55 bits per heavy atom. The van der Waals surface area contributed by atoms with Crippen molar-refractivity contribution in [1.82, 2.24) is 9.38 Å². The molecule has 0 bridgehead atoms. The number of rotatable bonds is 2. The number of fused-ring (bicyclic) bond motifs is 3. The lowest BCUT2D eigenvalue weighted by molar-refractivity contribution is 0.0519. The van der Waals surface area contributed by atoms with Gasteiger partial charge >= 0.3 is 5.97 Å². The van der Waals surface area contributed by atoms with E-state index in [1.54, 1.807) is 24.3 Å². The van der Waals surface area contributed by atoms with E-state index < -0.39 is 11.8 Å². The van der Waals surface area contributed by atoms with Gasteiger partial charge in [-0.05, 0) is 26.0 Å². The first-order valence-corrected chi connectivity index (χ1v) is 7.16. The molecule has 0 unspecified atom stereocenters. The smallest absolute Gasteiger partial charge is 0.358 e. The van der Waals surface area contributed by atoms with Crippen LogP contribution < -0.4 is 0 Å². The van der Waals surface area contributed by atoms with Crippen molar-refractivity contribution in [3.8, 4) is 0 Å². The first-order valence-electron chi connectivity index (χ1n) is 5.97. The van der Waals surface area contributed by atoms with E-state index in [0.717, 1.165) is 5.52 Å². The zero-order valence-electron chi connectivity index (χ0n) is 10.7. The predicted molar refractivity (Wildman–Crippen MR) is 76.2 cm³/mol. The Kier molecular flexibility index (Phi) is 3.14. The monoisotopic (exact) mass is 312 g/mol. The Morgan fingerprint density at radius 3 is 3.00 bits per heavy atom. The van der Waals surface area contributed by atoms with Crippen molar-refractivity contribution in [2.75, 3.05) is 6.61 Å². The number of hydrogen-bond donors (Lipinski definition) is 0. The largest absolute Gasteiger partial charge is 0.461 e. The van der Waals surface area contributed by atoms with Crippen molar-refractivity contribution in [2.45, 2.75) is 13.8 Å². The highest BCUT2D eigenvalue weighted by molar-refractivity contribution is 7.24. The van der Waals surface area contributed by atoms with E-state index >= 15 is 0 Å². The molecule has 0 aliphatic heterocycles. The number of benzene rings is 1. The lowest BCUT2D eigenvalue weighted by atomic mass is 10.3. The summed E-state index contributed by atoms with van der Waals surface area (Å²) in [5, 5.41) is 0.0788. The number of ether oxygens (including phenoxy) is 1. The van der Waals surface area contributed by atoms with Crippen LogP contribution in [-0.2, 0) is 4.74 Å². The third-order valence-corrected chi connectivity index (χ3v) is 4.56. The highest BCUT2D eigenvalue weighted by Crippen LogP contribution is 2.35. The molecule has 0 saturated heterocycles. The zero-order chi connectivity index (χ0) is 14.4. The van der Waals surface area contributed by atoms with Crippen LogP contribution in [0.2, 0.25) is 5.02 Å². The predicted octanol–water partition coefficient (Wildman–Crippen LogP) is 3.83. The second-order valence-corrected chi connectivity index (χ2v) is 5.55. The first-order chi connectivity index (χ1) is 9.54. The molecule has 3 aromatic rings. The van der Waals surface area contributed by atoms with Crippen molar-refractivity contribution in [3.63, 3.8) is 0 Å². The fourth-order valence-corrected chi connectivity index (χ4v) is 3.48. The molecule has 104 valence electrons. The molecule has 2 aromatic heterocycles. The number of esters is 1. The standard InChI is InChI=1S/C13H10ClFN2O2S/c1-3-19-12(18)10-6(2)17-8-5-4-7(15)9(14)11(8)20-13(17)16-10/h4-5H,3H2,1-2H3. The van der Waals surface area contributed by atoms with Crippen molar-refractivity contribution in [1.29, 1.82) is 0 Å². The molecule has 1 aromatic carbocycles. The molecule has 0 saturated carbocycles. The van der Waals surface area contributed by atoms with Gasteiger partial charge in [-0.2, -0.15) is 0 Å². The minimum absolute atomic E-state index is 0.0788. The van der Waals surface area contributed by atoms with Crippen LogP contribution in [-0.4, -0.2) is 22.0 Å². The molecule has 0 spiro atoms. The number of halogens is 2. The molecule has 7 heteroatoms. The van der Waals surface area contributed by atoms with Crippen molar-refractivity contribution >= 4 is 44.1 Å². The third-order valence-electron chi connectivity index (χ3n) is 3.01. The maximum atomic E-state index is 13.5. The highest BCUT2D eigenvalue weighted by atomic mass is 35.5. The number of carbonyl (C=O) groups excluding carboxylic acids is 1. The van der Waals surface area contributed by atoms with Gasteiger partial charge in [0.1, 0.15) is 5.82 Å². The van der Waals surface area contributed by atoms with Crippen LogP contribution in [0.4, 0.5) is 4.39 Å². The number of aryl methyl sites for hydroxylation is 1. The van der Waals surface area contributed by atoms with Gasteiger partial charge in [0, 0.05) is 0 Å². The zero-order valence-corrected chi connectivity index (χ0v) is 12.3. The summed E-state index contributed by atoms with van der Waals surface area (Å²) in [6, 6.07) is 2.93. The minimum Gasteiger partial charge on any atom is -0.461 e. The summed E-state index contributed by atoms with van der Waals surface area (Å²) < 4.78 is 20.8. The maximum Gasteiger partial charge on any atom is 0.358 e. The van der Waals surface area contributed by atoms with Crippen molar-refractivity contribution < 1.29 is 13.9 Å². The quantitative estimate of drug-likeness (QED) is 0.676. The second-order valence-electron chi connectivity index (χ2n) is 4.20. The lowest BCUT2D eigenvalue weighted by Crippen LogP contribution is -2.07. The summed E-state index contributed by atoms with van der Waals surface area (Å²) in [5.41, 5.74) is 1.67. The van der Waals surface area contributed by atoms with Crippen LogP contribution in [0.3, 0.4) is 0 Å². The Morgan fingerprint density at radius 2 is 2.30 bits per heavy atom. The summed E-state index contributed by atoms with van der Waals surface area (Å²) in [5.74, 6) is -0.922. The number of imidazole rings is 1. The van der Waals surface area contributed by atoms with Crippen LogP contribution in [0.15, 0.2) is 12.1 Å². The van der Waals surface area contributed by atoms with Gasteiger partial charge in [-0.15, -0.1) is 0 Å². The number of aromatic nitrogens is 2. The molecule has 0 aliphatic carbocycles. The summed E-state index contributed by atoms with van der Waals surface area (Å²) in [7, 11) is 0. The van der Waals surface area contributed by atoms with Crippen LogP contribution >= 0.6 is 22.9 Å². The molecule has 2 heterocycles. The summed E-state index contributed by atoms with van der Waals surface area (Å²) in [4.78, 5) is 16.7. The van der Waals surface area contributed by atoms with Gasteiger partial charge in [0.05, 0.1) is 27.5 Å². The molecule has 0 atom stereocenters. The van der Waals surface area contributed by atoms with E-state index in [1.165, 1.54) is 17.4 Å². The first kappa shape index (κ1) is 13.3. The number of carbonyl (C=O) groups is 1. The minimum atomic E-state index is -0.466. The summed E-state index contributed by atoms with van der Waals surface area (Å²) >= 11 is 7.21. The SMILES string of the molecule is CCOC(=O)c1nc2sc3c(Cl)c(F)ccc3n2c1C. The van der Waals surface area contributed by atoms with Gasteiger partial charge < -0.3 is 4.74 Å². The van der Waals surface area contributed by atoms with Crippen molar-refractivity contribution in [3.05, 3.63) is 34.4 Å². The van der Waals surface area contributed by atoms with Gasteiger partial charge in [-0.1, -0.05) is 22.9 Å². The van der Waals surface area contributed by atoms with Gasteiger partial charge in [-0.25, -0.2) is 14.2 Å². The lowest BCUT2D eigenvalue weighted by Gasteiger charge is -2.00. The molecule has 0 N–H and O–H groups in total. The Hall–Kier alpha value is -1.66. The molecule has 0 radical (unpaired) electrons. The van der Waals surface area contributed by atoms with Crippen LogP contribution in [0.5, 0.6) is 0 Å². The molecular weight excluding hydrogens is 303 g/mol. The van der Waals surface area contributed by atoms with Gasteiger partial charge in [-0.3, -0.25) is 4.40 Å². The fraction of sp³-hybridized carbons (Fsp3) is 0.231.